The van der Waals surface area contributed by atoms with Crippen LogP contribution in [0.2, 0.25) is 0 Å². The molecule has 2 aromatic heterocycles. The van der Waals surface area contributed by atoms with Crippen LogP contribution in [-0.2, 0) is 10.7 Å². The Balaban J connectivity index is 1.69. The van der Waals surface area contributed by atoms with Crippen molar-refractivity contribution in [3.05, 3.63) is 53.2 Å². The van der Waals surface area contributed by atoms with Crippen molar-refractivity contribution in [2.24, 2.45) is 0 Å². The Bertz CT molecular complexity index is 1370. The van der Waals surface area contributed by atoms with E-state index in [1.807, 2.05) is 0 Å². The molecule has 3 aromatic rings. The molecule has 1 amide bonds. The molecule has 38 heavy (non-hydrogen) atoms. The summed E-state index contributed by atoms with van der Waals surface area (Å²) < 4.78 is 45.0. The Morgan fingerprint density at radius 3 is 2.47 bits per heavy atom. The number of benzene rings is 1. The molecular weight excluding hydrogens is 518 g/mol. The molecule has 4 rings (SSSR count). The average Bonchev–Trinajstić information content (AvgIpc) is 2.83. The third-order valence-electron chi connectivity index (χ3n) is 6.99. The lowest BCUT2D eigenvalue weighted by Gasteiger charge is -2.38. The Labute approximate surface area is 219 Å². The van der Waals surface area contributed by atoms with Gasteiger partial charge < -0.3 is 20.2 Å². The number of carbonyl (C=O) groups excluding carboxylic acids is 1. The lowest BCUT2D eigenvalue weighted by atomic mass is 9.91. The molecule has 0 spiro atoms. The van der Waals surface area contributed by atoms with Crippen molar-refractivity contribution in [1.29, 1.82) is 0 Å². The molecule has 1 fully saturated rings. The number of alkyl halides is 2. The average molecular weight is 551 g/mol. The molecule has 1 aromatic carbocycles. The van der Waals surface area contributed by atoms with E-state index in [0.29, 0.717) is 53.4 Å². The number of hydrogen-bond donors (Lipinski definition) is 3. The molecular formula is C26H32F3N5O3P. The van der Waals surface area contributed by atoms with Crippen LogP contribution >= 0.6 is 7.49 Å². The van der Waals surface area contributed by atoms with Gasteiger partial charge in [0.2, 0.25) is 5.91 Å². The van der Waals surface area contributed by atoms with Gasteiger partial charge in [-0.25, -0.2) is 14.4 Å². The summed E-state index contributed by atoms with van der Waals surface area (Å²) >= 11 is 0. The molecule has 1 atom stereocenters. The Kier molecular flexibility index (Phi) is 7.42. The number of hydrogen-bond acceptors (Lipinski definition) is 7. The normalized spacial score (nSPS) is 16.9. The van der Waals surface area contributed by atoms with Crippen LogP contribution in [0.5, 0.6) is 0 Å². The van der Waals surface area contributed by atoms with Crippen LogP contribution in [-0.4, -0.2) is 66.8 Å². The zero-order valence-corrected chi connectivity index (χ0v) is 22.9. The first-order chi connectivity index (χ1) is 17.6. The van der Waals surface area contributed by atoms with E-state index in [1.54, 1.807) is 31.0 Å². The van der Waals surface area contributed by atoms with Crippen molar-refractivity contribution in [3.8, 4) is 0 Å². The number of pyridine rings is 1. The molecule has 3 heterocycles. The molecule has 1 unspecified atom stereocenters. The molecule has 8 nitrogen and oxygen atoms in total. The van der Waals surface area contributed by atoms with E-state index in [-0.39, 0.29) is 11.5 Å². The number of rotatable bonds is 6. The highest BCUT2D eigenvalue weighted by Gasteiger charge is 2.49. The maximum absolute atomic E-state index is 15.4. The first-order valence-corrected chi connectivity index (χ1v) is 14.4. The summed E-state index contributed by atoms with van der Waals surface area (Å²) in [6.07, 6.45) is 2.39. The number of amides is 1. The highest BCUT2D eigenvalue weighted by molar-refractivity contribution is 7.77. The van der Waals surface area contributed by atoms with E-state index in [0.717, 1.165) is 19.9 Å². The van der Waals surface area contributed by atoms with Crippen LogP contribution < -0.4 is 10.8 Å². The highest BCUT2D eigenvalue weighted by Crippen LogP contribution is 2.54. The summed E-state index contributed by atoms with van der Waals surface area (Å²) in [7, 11) is -2.63. The SMILES string of the molecule is CC(=O)N1CC[P](O)(c2cc3c(NC(C)c4cccc(C(F)(F)C(C)(C)O)c4F)nc(C)nc3cn2)CC1. The van der Waals surface area contributed by atoms with Gasteiger partial charge in [0.25, 0.3) is 0 Å². The molecule has 1 aliphatic heterocycles. The lowest BCUT2D eigenvalue weighted by molar-refractivity contribution is -0.170. The van der Waals surface area contributed by atoms with Crippen molar-refractivity contribution in [3.63, 3.8) is 0 Å². The third kappa shape index (κ3) is 5.19. The Morgan fingerprint density at radius 1 is 1.21 bits per heavy atom. The van der Waals surface area contributed by atoms with E-state index >= 15 is 4.39 Å². The van der Waals surface area contributed by atoms with E-state index < -0.39 is 36.4 Å². The zero-order valence-electron chi connectivity index (χ0n) is 22.0. The minimum atomic E-state index is -3.82. The van der Waals surface area contributed by atoms with Gasteiger partial charge in [0.1, 0.15) is 23.1 Å². The van der Waals surface area contributed by atoms with Crippen molar-refractivity contribution < 1.29 is 28.0 Å². The summed E-state index contributed by atoms with van der Waals surface area (Å²) in [5, 5.41) is 13.6. The largest absolute Gasteiger partial charge is 0.384 e. The first-order valence-electron chi connectivity index (χ1n) is 12.3. The van der Waals surface area contributed by atoms with Crippen LogP contribution in [0.3, 0.4) is 0 Å². The van der Waals surface area contributed by atoms with Gasteiger partial charge >= 0.3 is 5.92 Å². The minimum Gasteiger partial charge on any atom is -0.384 e. The fourth-order valence-electron chi connectivity index (χ4n) is 4.55. The van der Waals surface area contributed by atoms with Gasteiger partial charge in [-0.05, 0) is 39.8 Å². The van der Waals surface area contributed by atoms with Gasteiger partial charge in [-0.3, -0.25) is 9.78 Å². The van der Waals surface area contributed by atoms with Crippen molar-refractivity contribution in [1.82, 2.24) is 19.9 Å². The maximum atomic E-state index is 15.4. The fourth-order valence-corrected chi connectivity index (χ4v) is 7.02. The second-order valence-electron chi connectivity index (χ2n) is 10.3. The smallest absolute Gasteiger partial charge is 0.303 e. The quantitative estimate of drug-likeness (QED) is 0.399. The number of aryl methyl sites for hydroxylation is 1. The highest BCUT2D eigenvalue weighted by atomic mass is 31.2. The number of halogens is 3. The number of carbonyl (C=O) groups is 1. The van der Waals surface area contributed by atoms with Crippen LogP contribution in [0.1, 0.15) is 50.7 Å². The van der Waals surface area contributed by atoms with Gasteiger partial charge in [-0.15, -0.1) is 0 Å². The minimum absolute atomic E-state index is 0.0205. The summed E-state index contributed by atoms with van der Waals surface area (Å²) in [6.45, 7) is 7.55. The topological polar surface area (TPSA) is 111 Å². The van der Waals surface area contributed by atoms with E-state index in [2.05, 4.69) is 20.3 Å². The van der Waals surface area contributed by atoms with E-state index in [9.17, 15) is 23.6 Å². The summed E-state index contributed by atoms with van der Waals surface area (Å²) in [4.78, 5) is 38.2. The number of aliphatic hydroxyl groups is 1. The summed E-state index contributed by atoms with van der Waals surface area (Å²) in [5.74, 6) is -4.20. The van der Waals surface area contributed by atoms with Gasteiger partial charge in [0.05, 0.1) is 28.8 Å². The van der Waals surface area contributed by atoms with Crippen molar-refractivity contribution in [2.75, 3.05) is 30.7 Å². The molecule has 0 bridgehead atoms. The van der Waals surface area contributed by atoms with E-state index in [1.165, 1.54) is 19.1 Å². The summed E-state index contributed by atoms with van der Waals surface area (Å²) in [6, 6.07) is 4.63. The van der Waals surface area contributed by atoms with Crippen LogP contribution in [0.4, 0.5) is 19.0 Å². The number of nitrogens with one attached hydrogen (secondary N) is 1. The molecule has 1 aliphatic rings. The first kappa shape index (κ1) is 28.1. The van der Waals surface area contributed by atoms with Gasteiger partial charge in [-0.1, -0.05) is 12.1 Å². The maximum Gasteiger partial charge on any atom is 0.303 e. The molecule has 0 saturated carbocycles. The van der Waals surface area contributed by atoms with Crippen LogP contribution in [0.25, 0.3) is 10.9 Å². The molecule has 3 N–H and O–H groups in total. The number of fused-ring (bicyclic) bond motifs is 1. The standard InChI is InChI=1S/C26H32F3N5O3P/c1-15(18-7-6-8-20(23(18)27)26(28,29)25(4,5)36)31-24-19-13-22(30-14-21(19)32-16(2)33-24)38(37)11-9-34(10-12-38)17(3)35/h6-8,13-15,36-37H,9-12H2,1-5H3,(H,31,32,33). The number of aromatic nitrogens is 3. The fraction of sp³-hybridized carbons (Fsp3) is 0.462. The Morgan fingerprint density at radius 2 is 1.87 bits per heavy atom. The lowest BCUT2D eigenvalue weighted by Crippen LogP contribution is -2.42. The second kappa shape index (κ2) is 10.0. The van der Waals surface area contributed by atoms with Crippen molar-refractivity contribution >= 4 is 35.6 Å². The van der Waals surface area contributed by atoms with Crippen molar-refractivity contribution in [2.45, 2.75) is 52.2 Å². The number of anilines is 1. The molecule has 205 valence electrons. The Hall–Kier alpha value is -2.88. The molecule has 12 heteroatoms. The van der Waals surface area contributed by atoms with E-state index in [4.69, 9.17) is 0 Å². The summed E-state index contributed by atoms with van der Waals surface area (Å²) in [5.41, 5.74) is -2.36. The molecule has 1 radical (unpaired) electrons. The predicted octanol–water partition coefficient (Wildman–Crippen LogP) is 3.92. The molecule has 0 aliphatic carbocycles. The second-order valence-corrected chi connectivity index (χ2v) is 13.5. The van der Waals surface area contributed by atoms with Crippen LogP contribution in [0.15, 0.2) is 30.5 Å². The molecule has 1 saturated heterocycles. The van der Waals surface area contributed by atoms with Gasteiger partial charge in [0.15, 0.2) is 0 Å². The van der Waals surface area contributed by atoms with Gasteiger partial charge in [-0.2, -0.15) is 8.78 Å². The number of nitrogens with zero attached hydrogens (tertiary/aromatic N) is 4. The van der Waals surface area contributed by atoms with Gasteiger partial charge in [0, 0.05) is 50.8 Å². The monoisotopic (exact) mass is 550 g/mol. The third-order valence-corrected chi connectivity index (χ3v) is 9.96. The van der Waals surface area contributed by atoms with Crippen LogP contribution in [0, 0.1) is 12.7 Å². The predicted molar refractivity (Wildman–Crippen MR) is 141 cm³/mol. The zero-order chi connectivity index (χ0) is 28.0.